The van der Waals surface area contributed by atoms with E-state index >= 15 is 0 Å². The van der Waals surface area contributed by atoms with Gasteiger partial charge >= 0.3 is 0 Å². The summed E-state index contributed by atoms with van der Waals surface area (Å²) in [6, 6.07) is 9.80. The van der Waals surface area contributed by atoms with Gasteiger partial charge in [-0.15, -0.1) is 5.10 Å². The van der Waals surface area contributed by atoms with E-state index in [0.717, 1.165) is 24.2 Å². The molecule has 1 saturated carbocycles. The Labute approximate surface area is 99.9 Å². The minimum Gasteiger partial charge on any atom is -0.386 e. The van der Waals surface area contributed by atoms with Crippen molar-refractivity contribution in [2.75, 3.05) is 0 Å². The van der Waals surface area contributed by atoms with Gasteiger partial charge in [0.25, 0.3) is 0 Å². The van der Waals surface area contributed by atoms with Gasteiger partial charge in [-0.05, 0) is 30.9 Å². The van der Waals surface area contributed by atoms with E-state index in [1.165, 1.54) is 6.42 Å². The first-order valence-electron chi connectivity index (χ1n) is 6.00. The van der Waals surface area contributed by atoms with Crippen LogP contribution >= 0.6 is 0 Å². The van der Waals surface area contributed by atoms with E-state index in [4.69, 9.17) is 0 Å². The SMILES string of the molecule is OC(c1cnnn1-c1ccccc1)C1CCC1. The zero-order valence-electron chi connectivity index (χ0n) is 9.53. The third-order valence-electron chi connectivity index (χ3n) is 3.48. The normalized spacial score (nSPS) is 17.7. The standard InChI is InChI=1S/C13H15N3O/c17-13(10-5-4-6-10)12-9-14-15-16(12)11-7-2-1-3-8-11/h1-3,7-10,13,17H,4-6H2. The lowest BCUT2D eigenvalue weighted by atomic mass is 9.80. The second-order valence-electron chi connectivity index (χ2n) is 4.54. The fraction of sp³-hybridized carbons (Fsp3) is 0.385. The van der Waals surface area contributed by atoms with Gasteiger partial charge < -0.3 is 5.11 Å². The molecule has 0 saturated heterocycles. The van der Waals surface area contributed by atoms with Gasteiger partial charge in [0.05, 0.1) is 17.6 Å². The largest absolute Gasteiger partial charge is 0.386 e. The third kappa shape index (κ3) is 1.85. The Balaban J connectivity index is 1.93. The molecule has 0 radical (unpaired) electrons. The highest BCUT2D eigenvalue weighted by atomic mass is 16.3. The summed E-state index contributed by atoms with van der Waals surface area (Å²) in [5.41, 5.74) is 1.74. The van der Waals surface area contributed by atoms with E-state index in [2.05, 4.69) is 10.3 Å². The average molecular weight is 229 g/mol. The molecule has 1 N–H and O–H groups in total. The van der Waals surface area contributed by atoms with Crippen LogP contribution in [0.3, 0.4) is 0 Å². The lowest BCUT2D eigenvalue weighted by Crippen LogP contribution is -2.22. The fourth-order valence-electron chi connectivity index (χ4n) is 2.21. The number of aromatic nitrogens is 3. The summed E-state index contributed by atoms with van der Waals surface area (Å²) in [5, 5.41) is 18.2. The van der Waals surface area contributed by atoms with E-state index in [1.807, 2.05) is 30.3 Å². The van der Waals surface area contributed by atoms with Crippen molar-refractivity contribution in [1.29, 1.82) is 0 Å². The summed E-state index contributed by atoms with van der Waals surface area (Å²) in [5.74, 6) is 0.371. The average Bonchev–Trinajstić information content (AvgIpc) is 2.76. The molecule has 1 fully saturated rings. The van der Waals surface area contributed by atoms with Gasteiger partial charge in [0, 0.05) is 0 Å². The fourth-order valence-corrected chi connectivity index (χ4v) is 2.21. The molecule has 1 aromatic heterocycles. The van der Waals surface area contributed by atoms with Crippen molar-refractivity contribution in [3.63, 3.8) is 0 Å². The van der Waals surface area contributed by atoms with Crippen molar-refractivity contribution in [1.82, 2.24) is 15.0 Å². The number of nitrogens with zero attached hydrogens (tertiary/aromatic N) is 3. The Morgan fingerprint density at radius 1 is 1.24 bits per heavy atom. The first kappa shape index (κ1) is 10.5. The topological polar surface area (TPSA) is 50.9 Å². The second kappa shape index (κ2) is 4.30. The summed E-state index contributed by atoms with van der Waals surface area (Å²) in [7, 11) is 0. The lowest BCUT2D eigenvalue weighted by molar-refractivity contribution is 0.0567. The number of aliphatic hydroxyl groups excluding tert-OH is 1. The molecule has 3 rings (SSSR count). The molecule has 0 spiro atoms. The van der Waals surface area contributed by atoms with E-state index in [9.17, 15) is 5.11 Å². The smallest absolute Gasteiger partial charge is 0.101 e. The van der Waals surface area contributed by atoms with Crippen LogP contribution in [0.25, 0.3) is 5.69 Å². The van der Waals surface area contributed by atoms with Crippen LogP contribution in [0.5, 0.6) is 0 Å². The second-order valence-corrected chi connectivity index (χ2v) is 4.54. The first-order valence-corrected chi connectivity index (χ1v) is 6.00. The number of benzene rings is 1. The molecule has 0 aliphatic heterocycles. The molecule has 4 heteroatoms. The van der Waals surface area contributed by atoms with Crippen molar-refractivity contribution in [3.8, 4) is 5.69 Å². The minimum atomic E-state index is -0.445. The van der Waals surface area contributed by atoms with Crippen LogP contribution in [0.15, 0.2) is 36.5 Å². The maximum atomic E-state index is 10.3. The molecular weight excluding hydrogens is 214 g/mol. The van der Waals surface area contributed by atoms with Crippen LogP contribution in [-0.4, -0.2) is 20.1 Å². The van der Waals surface area contributed by atoms with E-state index < -0.39 is 6.10 Å². The zero-order valence-corrected chi connectivity index (χ0v) is 9.53. The molecule has 17 heavy (non-hydrogen) atoms. The molecule has 1 atom stereocenters. The van der Waals surface area contributed by atoms with Gasteiger partial charge in [0.1, 0.15) is 6.10 Å². The highest BCUT2D eigenvalue weighted by Gasteiger charge is 2.29. The minimum absolute atomic E-state index is 0.371. The van der Waals surface area contributed by atoms with Crippen LogP contribution < -0.4 is 0 Å². The Bertz CT molecular complexity index is 490. The van der Waals surface area contributed by atoms with E-state index in [0.29, 0.717) is 5.92 Å². The zero-order chi connectivity index (χ0) is 11.7. The number of hydrogen-bond donors (Lipinski definition) is 1. The van der Waals surface area contributed by atoms with Gasteiger partial charge in [0.2, 0.25) is 0 Å². The highest BCUT2D eigenvalue weighted by molar-refractivity contribution is 5.32. The number of para-hydroxylation sites is 1. The molecule has 4 nitrogen and oxygen atoms in total. The molecule has 1 heterocycles. The van der Waals surface area contributed by atoms with Crippen LogP contribution in [-0.2, 0) is 0 Å². The number of hydrogen-bond acceptors (Lipinski definition) is 3. The van der Waals surface area contributed by atoms with Gasteiger partial charge in [-0.3, -0.25) is 0 Å². The molecule has 0 amide bonds. The first-order chi connectivity index (χ1) is 8.36. The predicted molar refractivity (Wildman–Crippen MR) is 63.7 cm³/mol. The maximum Gasteiger partial charge on any atom is 0.101 e. The Hall–Kier alpha value is -1.68. The quantitative estimate of drug-likeness (QED) is 0.876. The van der Waals surface area contributed by atoms with Crippen molar-refractivity contribution >= 4 is 0 Å². The van der Waals surface area contributed by atoms with Gasteiger partial charge in [0.15, 0.2) is 0 Å². The van der Waals surface area contributed by atoms with Crippen molar-refractivity contribution < 1.29 is 5.11 Å². The highest BCUT2D eigenvalue weighted by Crippen LogP contribution is 2.37. The summed E-state index contributed by atoms with van der Waals surface area (Å²) in [6.07, 6.45) is 4.63. The molecule has 1 aliphatic rings. The monoisotopic (exact) mass is 229 g/mol. The molecule has 88 valence electrons. The van der Waals surface area contributed by atoms with Crippen molar-refractivity contribution in [2.24, 2.45) is 5.92 Å². The van der Waals surface area contributed by atoms with Crippen LogP contribution in [0.2, 0.25) is 0 Å². The summed E-state index contributed by atoms with van der Waals surface area (Å²) in [4.78, 5) is 0. The Morgan fingerprint density at radius 2 is 2.00 bits per heavy atom. The van der Waals surface area contributed by atoms with E-state index in [1.54, 1.807) is 10.9 Å². The van der Waals surface area contributed by atoms with E-state index in [-0.39, 0.29) is 0 Å². The Morgan fingerprint density at radius 3 is 2.65 bits per heavy atom. The molecular formula is C13H15N3O. The van der Waals surface area contributed by atoms with Gasteiger partial charge in [-0.2, -0.15) is 0 Å². The van der Waals surface area contributed by atoms with Crippen molar-refractivity contribution in [3.05, 3.63) is 42.2 Å². The molecule has 2 aromatic rings. The third-order valence-corrected chi connectivity index (χ3v) is 3.48. The van der Waals surface area contributed by atoms with Crippen molar-refractivity contribution in [2.45, 2.75) is 25.4 Å². The van der Waals surface area contributed by atoms with Crippen LogP contribution in [0.4, 0.5) is 0 Å². The van der Waals surface area contributed by atoms with Crippen LogP contribution in [0, 0.1) is 5.92 Å². The van der Waals surface area contributed by atoms with Crippen LogP contribution in [0.1, 0.15) is 31.1 Å². The van der Waals surface area contributed by atoms with Gasteiger partial charge in [-0.25, -0.2) is 4.68 Å². The molecule has 1 unspecified atom stereocenters. The summed E-state index contributed by atoms with van der Waals surface area (Å²) < 4.78 is 1.73. The number of rotatable bonds is 3. The molecule has 1 aliphatic carbocycles. The Kier molecular flexibility index (Phi) is 2.65. The lowest BCUT2D eigenvalue weighted by Gasteiger charge is -2.30. The summed E-state index contributed by atoms with van der Waals surface area (Å²) in [6.45, 7) is 0. The predicted octanol–water partition coefficient (Wildman–Crippen LogP) is 2.10. The summed E-state index contributed by atoms with van der Waals surface area (Å²) >= 11 is 0. The number of aliphatic hydroxyl groups is 1. The molecule has 1 aromatic carbocycles. The van der Waals surface area contributed by atoms with Gasteiger partial charge in [-0.1, -0.05) is 29.8 Å². The molecule has 0 bridgehead atoms. The maximum absolute atomic E-state index is 10.3.